The molecule has 190 valence electrons. The molecule has 0 aromatic rings. The monoisotopic (exact) mass is 479 g/mol. The van der Waals surface area contributed by atoms with Crippen LogP contribution in [0.3, 0.4) is 0 Å². The van der Waals surface area contributed by atoms with Crippen LogP contribution in [-0.4, -0.2) is 48.4 Å². The Balaban J connectivity index is 3.61. The van der Waals surface area contributed by atoms with Crippen LogP contribution in [0, 0.1) is 0 Å². The summed E-state index contributed by atoms with van der Waals surface area (Å²) in [6.45, 7) is 1.27. The Morgan fingerprint density at radius 1 is 0.969 bits per heavy atom. The Kier molecular flexibility index (Phi) is 21.5. The molecule has 4 N–H and O–H groups in total. The zero-order valence-corrected chi connectivity index (χ0v) is 20.8. The predicted octanol–water partition coefficient (Wildman–Crippen LogP) is 5.02. The molecule has 0 aliphatic rings. The number of nitrogens with two attached hydrogens (primary N) is 1. The van der Waals surface area contributed by atoms with E-state index in [4.69, 9.17) is 15.0 Å². The second kappa shape index (κ2) is 22.1. The summed E-state index contributed by atoms with van der Waals surface area (Å²) in [6, 6.07) is 0. The van der Waals surface area contributed by atoms with Gasteiger partial charge in [-0.1, -0.05) is 70.4 Å². The SMILES string of the molecule is CCCCCCCC/C=C\CCCCCCCC(=O)OCC(CO)OP(=O)(O)OCCN. The summed E-state index contributed by atoms with van der Waals surface area (Å²) < 4.78 is 26.0. The first kappa shape index (κ1) is 31.2. The summed E-state index contributed by atoms with van der Waals surface area (Å²) >= 11 is 0. The van der Waals surface area contributed by atoms with Crippen molar-refractivity contribution in [3.8, 4) is 0 Å². The maximum atomic E-state index is 11.8. The molecule has 0 aliphatic heterocycles. The fourth-order valence-electron chi connectivity index (χ4n) is 3.10. The Morgan fingerprint density at radius 2 is 1.53 bits per heavy atom. The summed E-state index contributed by atoms with van der Waals surface area (Å²) in [5.74, 6) is -0.416. The smallest absolute Gasteiger partial charge is 0.463 e. The van der Waals surface area contributed by atoms with Crippen LogP contribution >= 0.6 is 7.82 Å². The fourth-order valence-corrected chi connectivity index (χ4v) is 4.00. The highest BCUT2D eigenvalue weighted by molar-refractivity contribution is 7.47. The van der Waals surface area contributed by atoms with E-state index in [1.807, 2.05) is 0 Å². The van der Waals surface area contributed by atoms with E-state index in [0.29, 0.717) is 0 Å². The van der Waals surface area contributed by atoms with Crippen molar-refractivity contribution in [3.63, 3.8) is 0 Å². The molecule has 2 atom stereocenters. The molecule has 0 aliphatic carbocycles. The second-order valence-electron chi connectivity index (χ2n) is 8.02. The number of aliphatic hydroxyl groups is 1. The fraction of sp³-hybridized carbons (Fsp3) is 0.870. The van der Waals surface area contributed by atoms with Gasteiger partial charge in [0.15, 0.2) is 0 Å². The van der Waals surface area contributed by atoms with Crippen LogP contribution in [-0.2, 0) is 23.1 Å². The number of unbranched alkanes of at least 4 members (excludes halogenated alkanes) is 11. The average Bonchev–Trinajstić information content (AvgIpc) is 2.77. The standard InChI is InChI=1S/C23H46NO7P/c1-2-3-4-5-6-7-8-9-10-11-12-13-14-15-16-17-23(26)29-21-22(20-25)31-32(27,28)30-19-18-24/h9-10,22,25H,2-8,11-21,24H2,1H3,(H,27,28)/b10-9-. The van der Waals surface area contributed by atoms with E-state index in [9.17, 15) is 19.4 Å². The lowest BCUT2D eigenvalue weighted by Crippen LogP contribution is -2.25. The summed E-state index contributed by atoms with van der Waals surface area (Å²) in [4.78, 5) is 21.3. The van der Waals surface area contributed by atoms with Crippen LogP contribution in [0.5, 0.6) is 0 Å². The average molecular weight is 480 g/mol. The number of carbonyl (C=O) groups is 1. The molecule has 0 radical (unpaired) electrons. The lowest BCUT2D eigenvalue weighted by Gasteiger charge is -2.18. The van der Waals surface area contributed by atoms with Crippen LogP contribution in [0.25, 0.3) is 0 Å². The van der Waals surface area contributed by atoms with Gasteiger partial charge in [-0.05, 0) is 32.1 Å². The van der Waals surface area contributed by atoms with Crippen LogP contribution in [0.2, 0.25) is 0 Å². The molecule has 32 heavy (non-hydrogen) atoms. The minimum absolute atomic E-state index is 0.0582. The van der Waals surface area contributed by atoms with Crippen LogP contribution < -0.4 is 5.73 Å². The summed E-state index contributed by atoms with van der Waals surface area (Å²) in [5, 5.41) is 9.21. The third kappa shape index (κ3) is 21.1. The summed E-state index contributed by atoms with van der Waals surface area (Å²) in [7, 11) is -4.33. The van der Waals surface area contributed by atoms with Crippen molar-refractivity contribution in [2.45, 2.75) is 103 Å². The zero-order valence-electron chi connectivity index (χ0n) is 19.9. The van der Waals surface area contributed by atoms with Crippen LogP contribution in [0.15, 0.2) is 12.2 Å². The molecule has 0 aromatic carbocycles. The molecule has 0 aromatic heterocycles. The van der Waals surface area contributed by atoms with Gasteiger partial charge in [0, 0.05) is 13.0 Å². The number of hydrogen-bond donors (Lipinski definition) is 3. The minimum Gasteiger partial charge on any atom is -0.463 e. The van der Waals surface area contributed by atoms with E-state index >= 15 is 0 Å². The van der Waals surface area contributed by atoms with Crippen molar-refractivity contribution in [2.24, 2.45) is 5.73 Å². The summed E-state index contributed by atoms with van der Waals surface area (Å²) in [6.07, 6.45) is 19.1. The van der Waals surface area contributed by atoms with E-state index < -0.39 is 26.5 Å². The molecule has 0 heterocycles. The van der Waals surface area contributed by atoms with E-state index in [1.165, 1.54) is 51.4 Å². The first-order valence-corrected chi connectivity index (χ1v) is 13.7. The predicted molar refractivity (Wildman–Crippen MR) is 127 cm³/mol. The third-order valence-corrected chi connectivity index (χ3v) is 6.00. The van der Waals surface area contributed by atoms with Crippen molar-refractivity contribution in [2.75, 3.05) is 26.4 Å². The lowest BCUT2D eigenvalue weighted by molar-refractivity contribution is -0.147. The molecular formula is C23H46NO7P. The minimum atomic E-state index is -4.33. The van der Waals surface area contributed by atoms with Crippen molar-refractivity contribution in [1.82, 2.24) is 0 Å². The van der Waals surface area contributed by atoms with Gasteiger partial charge in [0.05, 0.1) is 13.2 Å². The number of hydrogen-bond acceptors (Lipinski definition) is 7. The van der Waals surface area contributed by atoms with Crippen molar-refractivity contribution in [1.29, 1.82) is 0 Å². The van der Waals surface area contributed by atoms with Gasteiger partial charge in [0.2, 0.25) is 0 Å². The molecule has 0 amide bonds. The number of ether oxygens (including phenoxy) is 1. The van der Waals surface area contributed by atoms with Gasteiger partial charge in [-0.2, -0.15) is 0 Å². The topological polar surface area (TPSA) is 128 Å². The third-order valence-electron chi connectivity index (χ3n) is 4.93. The van der Waals surface area contributed by atoms with Crippen molar-refractivity contribution < 1.29 is 33.1 Å². The van der Waals surface area contributed by atoms with E-state index in [0.717, 1.165) is 32.1 Å². The highest BCUT2D eigenvalue weighted by Crippen LogP contribution is 2.44. The first-order valence-electron chi connectivity index (χ1n) is 12.2. The molecule has 0 bridgehead atoms. The van der Waals surface area contributed by atoms with Crippen molar-refractivity contribution in [3.05, 3.63) is 12.2 Å². The van der Waals surface area contributed by atoms with Gasteiger partial charge in [-0.25, -0.2) is 4.57 Å². The van der Waals surface area contributed by atoms with Gasteiger partial charge in [0.1, 0.15) is 12.7 Å². The van der Waals surface area contributed by atoms with E-state index in [-0.39, 0.29) is 26.2 Å². The number of rotatable bonds is 23. The van der Waals surface area contributed by atoms with Gasteiger partial charge >= 0.3 is 13.8 Å². The van der Waals surface area contributed by atoms with Gasteiger partial charge < -0.3 is 20.5 Å². The number of phosphoric ester groups is 1. The number of aliphatic hydroxyl groups excluding tert-OH is 1. The largest absolute Gasteiger partial charge is 0.472 e. The van der Waals surface area contributed by atoms with Gasteiger partial charge in [-0.3, -0.25) is 13.8 Å². The lowest BCUT2D eigenvalue weighted by atomic mass is 10.1. The zero-order chi connectivity index (χ0) is 23.9. The molecule has 0 fully saturated rings. The van der Waals surface area contributed by atoms with Crippen molar-refractivity contribution >= 4 is 13.8 Å². The van der Waals surface area contributed by atoms with E-state index in [1.54, 1.807) is 0 Å². The summed E-state index contributed by atoms with van der Waals surface area (Å²) in [5.41, 5.74) is 5.19. The first-order chi connectivity index (χ1) is 15.4. The highest BCUT2D eigenvalue weighted by Gasteiger charge is 2.27. The number of allylic oxidation sites excluding steroid dienone is 2. The maximum absolute atomic E-state index is 11.8. The Morgan fingerprint density at radius 3 is 2.09 bits per heavy atom. The number of phosphoric acid groups is 1. The number of esters is 1. The maximum Gasteiger partial charge on any atom is 0.472 e. The molecule has 0 rings (SSSR count). The second-order valence-corrected chi connectivity index (χ2v) is 9.42. The van der Waals surface area contributed by atoms with Crippen LogP contribution in [0.4, 0.5) is 0 Å². The molecule has 2 unspecified atom stereocenters. The van der Waals surface area contributed by atoms with E-state index in [2.05, 4.69) is 23.6 Å². The highest BCUT2D eigenvalue weighted by atomic mass is 31.2. The molecule has 9 heteroatoms. The Bertz CT molecular complexity index is 517. The quantitative estimate of drug-likeness (QED) is 0.0806. The Hall–Kier alpha value is -0.760. The van der Waals surface area contributed by atoms with Crippen LogP contribution in [0.1, 0.15) is 96.8 Å². The number of carbonyl (C=O) groups excluding carboxylic acids is 1. The molecule has 8 nitrogen and oxygen atoms in total. The molecule has 0 saturated carbocycles. The van der Waals surface area contributed by atoms with Gasteiger partial charge in [-0.15, -0.1) is 0 Å². The molecular weight excluding hydrogens is 433 g/mol. The van der Waals surface area contributed by atoms with Gasteiger partial charge in [0.25, 0.3) is 0 Å². The molecule has 0 saturated heterocycles. The normalized spacial score (nSPS) is 14.5. The Labute approximate surface area is 194 Å². The molecule has 0 spiro atoms.